The lowest BCUT2D eigenvalue weighted by Gasteiger charge is -2.39. The molecule has 1 aromatic carbocycles. The number of carbonyl (C=O) groups excluding carboxylic acids is 1. The minimum absolute atomic E-state index is 0.205. The third-order valence-electron chi connectivity index (χ3n) is 6.31. The summed E-state index contributed by atoms with van der Waals surface area (Å²) in [6.45, 7) is 4.21. The molecule has 1 aromatic heterocycles. The van der Waals surface area contributed by atoms with Crippen LogP contribution in [-0.4, -0.2) is 103 Å². The highest BCUT2D eigenvalue weighted by Crippen LogP contribution is 2.34. The highest BCUT2D eigenvalue weighted by Gasteiger charge is 2.41. The predicted molar refractivity (Wildman–Crippen MR) is 119 cm³/mol. The number of carbonyl (C=O) groups is 1. The van der Waals surface area contributed by atoms with E-state index in [1.165, 1.54) is 0 Å². The predicted octanol–water partition coefficient (Wildman–Crippen LogP) is 1.01. The molecule has 2 fully saturated rings. The van der Waals surface area contributed by atoms with Gasteiger partial charge in [0.25, 0.3) is 5.92 Å². The third kappa shape index (κ3) is 4.56. The summed E-state index contributed by atoms with van der Waals surface area (Å²) in [7, 11) is 2.05. The summed E-state index contributed by atoms with van der Waals surface area (Å²) in [5.41, 5.74) is 3.72. The van der Waals surface area contributed by atoms with Crippen molar-refractivity contribution in [2.75, 3.05) is 64.3 Å². The molecule has 8 nitrogen and oxygen atoms in total. The number of fused-ring (bicyclic) bond motifs is 1. The maximum Gasteiger partial charge on any atom is 0.267 e. The molecule has 1 N–H and O–H groups in total. The first-order valence-corrected chi connectivity index (χ1v) is 11.0. The number of rotatable bonds is 5. The Morgan fingerprint density at radius 3 is 2.59 bits per heavy atom. The number of aliphatic imine (C=N–C) groups is 1. The van der Waals surface area contributed by atoms with Gasteiger partial charge in [0.2, 0.25) is 5.91 Å². The maximum absolute atomic E-state index is 14.7. The van der Waals surface area contributed by atoms with E-state index in [9.17, 15) is 13.6 Å². The van der Waals surface area contributed by atoms with Crippen LogP contribution in [-0.2, 0) is 4.79 Å². The first-order chi connectivity index (χ1) is 15.4. The number of likely N-dealkylation sites (N-methyl/N-ethyl adjacent to an activating group) is 1. The number of alkyl halides is 2. The molecule has 0 bridgehead atoms. The molecule has 32 heavy (non-hydrogen) atoms. The van der Waals surface area contributed by atoms with E-state index in [4.69, 9.17) is 0 Å². The molecule has 0 aliphatic carbocycles. The number of amides is 1. The van der Waals surface area contributed by atoms with Crippen LogP contribution >= 0.6 is 0 Å². The van der Waals surface area contributed by atoms with E-state index >= 15 is 0 Å². The number of nitrogens with one attached hydrogen (secondary N) is 1. The van der Waals surface area contributed by atoms with Gasteiger partial charge in [-0.2, -0.15) is 0 Å². The Labute approximate surface area is 185 Å². The zero-order chi connectivity index (χ0) is 22.3. The lowest BCUT2D eigenvalue weighted by atomic mass is 10.00. The average molecular weight is 444 g/mol. The fourth-order valence-electron chi connectivity index (χ4n) is 4.60. The molecule has 1 amide bonds. The molecule has 3 aliphatic heterocycles. The summed E-state index contributed by atoms with van der Waals surface area (Å²) in [6.07, 6.45) is 2.81. The van der Waals surface area contributed by atoms with E-state index in [0.29, 0.717) is 29.8 Å². The van der Waals surface area contributed by atoms with Crippen LogP contribution in [0, 0.1) is 0 Å². The molecule has 170 valence electrons. The van der Waals surface area contributed by atoms with Crippen LogP contribution in [0.1, 0.15) is 12.0 Å². The van der Waals surface area contributed by atoms with Crippen LogP contribution in [0.25, 0.3) is 11.0 Å². The van der Waals surface area contributed by atoms with Crippen molar-refractivity contribution in [3.8, 4) is 0 Å². The highest BCUT2D eigenvalue weighted by molar-refractivity contribution is 6.17. The van der Waals surface area contributed by atoms with Gasteiger partial charge in [0.1, 0.15) is 5.52 Å². The van der Waals surface area contributed by atoms with Crippen molar-refractivity contribution in [1.29, 1.82) is 0 Å². The second-order valence-electron chi connectivity index (χ2n) is 8.93. The van der Waals surface area contributed by atoms with Gasteiger partial charge >= 0.3 is 0 Å². The number of piperazine rings is 1. The summed E-state index contributed by atoms with van der Waals surface area (Å²) >= 11 is 0. The fourth-order valence-corrected chi connectivity index (χ4v) is 4.60. The van der Waals surface area contributed by atoms with Crippen LogP contribution in [0.5, 0.6) is 0 Å². The largest absolute Gasteiger partial charge is 0.362 e. The lowest BCUT2D eigenvalue weighted by molar-refractivity contribution is -0.124. The molecular weight excluding hydrogens is 416 g/mol. The zero-order valence-electron chi connectivity index (χ0n) is 18.1. The van der Waals surface area contributed by atoms with E-state index < -0.39 is 18.5 Å². The van der Waals surface area contributed by atoms with Crippen molar-refractivity contribution in [2.45, 2.75) is 18.4 Å². The van der Waals surface area contributed by atoms with Gasteiger partial charge in [0, 0.05) is 57.1 Å². The van der Waals surface area contributed by atoms with Crippen molar-refractivity contribution < 1.29 is 13.6 Å². The minimum Gasteiger partial charge on any atom is -0.362 e. The number of aromatic nitrogens is 2. The van der Waals surface area contributed by atoms with E-state index in [-0.39, 0.29) is 18.9 Å². The van der Waals surface area contributed by atoms with Crippen LogP contribution in [0.15, 0.2) is 29.5 Å². The Hall–Kier alpha value is -2.72. The SMILES string of the molecule is CN1CCN(CC(=O)NC2CN(c3ccc(C4=NC4)c4nccnc34)CC(F)(F)C2)CC1. The van der Waals surface area contributed by atoms with Crippen molar-refractivity contribution in [3.05, 3.63) is 30.1 Å². The zero-order valence-corrected chi connectivity index (χ0v) is 18.1. The Morgan fingerprint density at radius 1 is 1.16 bits per heavy atom. The minimum atomic E-state index is -2.92. The maximum atomic E-state index is 14.7. The molecule has 10 heteroatoms. The van der Waals surface area contributed by atoms with Gasteiger partial charge in [0.05, 0.1) is 42.6 Å². The second kappa shape index (κ2) is 8.32. The van der Waals surface area contributed by atoms with Gasteiger partial charge in [-0.05, 0) is 19.2 Å². The second-order valence-corrected chi connectivity index (χ2v) is 8.93. The Kier molecular flexibility index (Phi) is 5.50. The number of hydrogen-bond acceptors (Lipinski definition) is 7. The van der Waals surface area contributed by atoms with E-state index in [0.717, 1.165) is 37.5 Å². The topological polar surface area (TPSA) is 77.0 Å². The molecule has 0 saturated carbocycles. The van der Waals surface area contributed by atoms with Crippen LogP contribution in [0.4, 0.5) is 14.5 Å². The first kappa shape index (κ1) is 21.1. The molecule has 0 spiro atoms. The number of benzene rings is 1. The number of piperidine rings is 1. The molecule has 1 unspecified atom stereocenters. The molecular formula is C22H27F2N7O. The number of halogens is 2. The summed E-state index contributed by atoms with van der Waals surface area (Å²) in [5, 5.41) is 2.85. The van der Waals surface area contributed by atoms with Gasteiger partial charge in [-0.1, -0.05) is 0 Å². The van der Waals surface area contributed by atoms with Crippen molar-refractivity contribution in [1.82, 2.24) is 25.1 Å². The van der Waals surface area contributed by atoms with Crippen LogP contribution < -0.4 is 10.2 Å². The van der Waals surface area contributed by atoms with Gasteiger partial charge < -0.3 is 15.1 Å². The average Bonchev–Trinajstić information content (AvgIpc) is 3.58. The van der Waals surface area contributed by atoms with Crippen LogP contribution in [0.2, 0.25) is 0 Å². The van der Waals surface area contributed by atoms with E-state index in [1.807, 2.05) is 12.1 Å². The summed E-state index contributed by atoms with van der Waals surface area (Å²) in [5.74, 6) is -3.12. The van der Waals surface area contributed by atoms with Crippen molar-refractivity contribution in [3.63, 3.8) is 0 Å². The number of nitrogens with zero attached hydrogens (tertiary/aromatic N) is 6. The Balaban J connectivity index is 1.33. The van der Waals surface area contributed by atoms with Gasteiger partial charge in [-0.15, -0.1) is 0 Å². The molecule has 0 radical (unpaired) electrons. The molecule has 2 saturated heterocycles. The Bertz CT molecular complexity index is 1050. The smallest absolute Gasteiger partial charge is 0.267 e. The van der Waals surface area contributed by atoms with E-state index in [1.54, 1.807) is 17.3 Å². The summed E-state index contributed by atoms with van der Waals surface area (Å²) in [6, 6.07) is 3.06. The molecule has 1 atom stereocenters. The highest BCUT2D eigenvalue weighted by atomic mass is 19.3. The van der Waals surface area contributed by atoms with Crippen molar-refractivity contribution >= 4 is 28.3 Å². The number of hydrogen-bond donors (Lipinski definition) is 1. The van der Waals surface area contributed by atoms with Gasteiger partial charge in [-0.3, -0.25) is 24.7 Å². The number of anilines is 1. The lowest BCUT2D eigenvalue weighted by Crippen LogP contribution is -2.57. The normalized spacial score (nSPS) is 23.8. The molecule has 2 aromatic rings. The molecule has 4 heterocycles. The van der Waals surface area contributed by atoms with Crippen molar-refractivity contribution in [2.24, 2.45) is 4.99 Å². The summed E-state index contributed by atoms with van der Waals surface area (Å²) in [4.78, 5) is 31.6. The van der Waals surface area contributed by atoms with Gasteiger partial charge in [0.15, 0.2) is 0 Å². The Morgan fingerprint density at radius 2 is 1.88 bits per heavy atom. The van der Waals surface area contributed by atoms with E-state index in [2.05, 4.69) is 37.1 Å². The standard InChI is InChI=1S/C22H27F2N7O/c1-29-6-8-30(9-7-29)13-19(32)28-15-10-22(23,24)14-31(12-15)18-3-2-16(17-11-27-17)20-21(18)26-5-4-25-20/h2-5,15H,6-14H2,1H3,(H,28,32). The monoisotopic (exact) mass is 443 g/mol. The van der Waals surface area contributed by atoms with Gasteiger partial charge in [-0.25, -0.2) is 8.78 Å². The summed E-state index contributed by atoms with van der Waals surface area (Å²) < 4.78 is 29.4. The fraction of sp³-hybridized carbons (Fsp3) is 0.545. The third-order valence-corrected chi connectivity index (χ3v) is 6.31. The molecule has 5 rings (SSSR count). The first-order valence-electron chi connectivity index (χ1n) is 11.0. The van der Waals surface area contributed by atoms with Crippen LogP contribution in [0.3, 0.4) is 0 Å². The quantitative estimate of drug-likeness (QED) is 0.744. The molecule has 3 aliphatic rings.